The van der Waals surface area contributed by atoms with Gasteiger partial charge in [0, 0.05) is 35.1 Å². The maximum Gasteiger partial charge on any atom is 0.496 e. The first-order valence-electron chi connectivity index (χ1n) is 16.1. The molecule has 2 N–H and O–H groups in total. The zero-order valence-electron chi connectivity index (χ0n) is 27.9. The van der Waals surface area contributed by atoms with E-state index in [1.54, 1.807) is 0 Å². The second kappa shape index (κ2) is 13.8. The van der Waals surface area contributed by atoms with Gasteiger partial charge in [-0.15, -0.1) is 0 Å². The lowest BCUT2D eigenvalue weighted by Crippen LogP contribution is -2.41. The predicted octanol–water partition coefficient (Wildman–Crippen LogP) is 5.98. The number of amides is 2. The Labute approximate surface area is 264 Å². The standard InChI is InChI=1S/C34H50B2N2O6/c1-31(2)32(3,4)42-35(41-31)25-19-15-17-21-27(25)37-29(39)23-13-11-9-10-12-14-24-30(40)38-28-22-18-16-20-26(28)36-43-33(5,6)34(7,8)44-36/h15-22H,9-14,23-24H2,1-8H3,(H,37,39)(H,38,40). The highest BCUT2D eigenvalue weighted by Gasteiger charge is 2.53. The SMILES string of the molecule is CC1(C)OB(c2ccccc2NC(=O)CCCCCCCCC(=O)Nc2ccccc2B2OC(C)(C)C(C)(C)O2)OC1(C)C. The Bertz CT molecular complexity index is 1180. The summed E-state index contributed by atoms with van der Waals surface area (Å²) in [7, 11) is -1.05. The van der Waals surface area contributed by atoms with Crippen molar-refractivity contribution < 1.29 is 28.2 Å². The average Bonchev–Trinajstić information content (AvgIpc) is 3.29. The second-order valence-corrected chi connectivity index (χ2v) is 14.1. The van der Waals surface area contributed by atoms with E-state index in [0.29, 0.717) is 12.8 Å². The van der Waals surface area contributed by atoms with Gasteiger partial charge in [-0.3, -0.25) is 9.59 Å². The number of benzene rings is 2. The summed E-state index contributed by atoms with van der Waals surface area (Å²) in [4.78, 5) is 25.4. The van der Waals surface area contributed by atoms with Gasteiger partial charge in [-0.2, -0.15) is 0 Å². The van der Waals surface area contributed by atoms with E-state index in [2.05, 4.69) is 10.6 Å². The van der Waals surface area contributed by atoms with Crippen LogP contribution in [0.4, 0.5) is 11.4 Å². The summed E-state index contributed by atoms with van der Waals surface area (Å²) in [6.45, 7) is 16.2. The van der Waals surface area contributed by atoms with E-state index in [-0.39, 0.29) is 11.8 Å². The van der Waals surface area contributed by atoms with Gasteiger partial charge < -0.3 is 29.3 Å². The van der Waals surface area contributed by atoms with E-state index in [4.69, 9.17) is 18.6 Å². The lowest BCUT2D eigenvalue weighted by Gasteiger charge is -2.32. The summed E-state index contributed by atoms with van der Waals surface area (Å²) in [6, 6.07) is 15.3. The molecule has 2 aliphatic rings. The Morgan fingerprint density at radius 1 is 0.523 bits per heavy atom. The largest absolute Gasteiger partial charge is 0.496 e. The van der Waals surface area contributed by atoms with Crippen LogP contribution in [0.25, 0.3) is 0 Å². The van der Waals surface area contributed by atoms with Crippen molar-refractivity contribution in [3.05, 3.63) is 48.5 Å². The average molecular weight is 604 g/mol. The first-order chi connectivity index (χ1) is 20.6. The number of hydrogen-bond acceptors (Lipinski definition) is 6. The summed E-state index contributed by atoms with van der Waals surface area (Å²) in [6.07, 6.45) is 6.57. The van der Waals surface area contributed by atoms with Gasteiger partial charge in [-0.05, 0) is 80.4 Å². The van der Waals surface area contributed by atoms with Crippen molar-refractivity contribution in [2.24, 2.45) is 0 Å². The number of carbonyl (C=O) groups excluding carboxylic acids is 2. The molecule has 0 atom stereocenters. The molecule has 0 radical (unpaired) electrons. The Morgan fingerprint density at radius 3 is 1.16 bits per heavy atom. The molecule has 238 valence electrons. The fourth-order valence-corrected chi connectivity index (χ4v) is 5.28. The number of para-hydroxylation sites is 2. The van der Waals surface area contributed by atoms with Crippen LogP contribution in [0.15, 0.2) is 48.5 Å². The van der Waals surface area contributed by atoms with E-state index in [1.165, 1.54) is 0 Å². The first-order valence-corrected chi connectivity index (χ1v) is 16.1. The Morgan fingerprint density at radius 2 is 0.818 bits per heavy atom. The Kier molecular flexibility index (Phi) is 10.7. The maximum absolute atomic E-state index is 12.7. The molecular formula is C34H50B2N2O6. The van der Waals surface area contributed by atoms with Gasteiger partial charge in [0.25, 0.3) is 0 Å². The minimum Gasteiger partial charge on any atom is -0.399 e. The zero-order valence-corrected chi connectivity index (χ0v) is 27.9. The molecule has 8 nitrogen and oxygen atoms in total. The fourth-order valence-electron chi connectivity index (χ4n) is 5.28. The number of carbonyl (C=O) groups is 2. The summed E-state index contributed by atoms with van der Waals surface area (Å²) in [5.41, 5.74) is 1.34. The summed E-state index contributed by atoms with van der Waals surface area (Å²) in [5.74, 6) is -0.0158. The van der Waals surface area contributed by atoms with Crippen LogP contribution in [0.5, 0.6) is 0 Å². The maximum atomic E-state index is 12.7. The predicted molar refractivity (Wildman–Crippen MR) is 179 cm³/mol. The van der Waals surface area contributed by atoms with Crippen LogP contribution in [-0.2, 0) is 28.2 Å². The topological polar surface area (TPSA) is 95.1 Å². The Balaban J connectivity index is 1.12. The number of nitrogens with one attached hydrogen (secondary N) is 2. The molecule has 0 unspecified atom stereocenters. The van der Waals surface area contributed by atoms with Gasteiger partial charge in [0.05, 0.1) is 22.4 Å². The molecular weight excluding hydrogens is 554 g/mol. The number of anilines is 2. The van der Waals surface area contributed by atoms with E-state index in [9.17, 15) is 9.59 Å². The Hall–Kier alpha value is -2.65. The van der Waals surface area contributed by atoms with Crippen molar-refractivity contribution in [1.29, 1.82) is 0 Å². The summed E-state index contributed by atoms with van der Waals surface area (Å²) >= 11 is 0. The summed E-state index contributed by atoms with van der Waals surface area (Å²) < 4.78 is 24.8. The molecule has 44 heavy (non-hydrogen) atoms. The molecule has 4 rings (SSSR count). The van der Waals surface area contributed by atoms with E-state index >= 15 is 0 Å². The lowest BCUT2D eigenvalue weighted by atomic mass is 9.77. The smallest absolute Gasteiger partial charge is 0.399 e. The summed E-state index contributed by atoms with van der Waals surface area (Å²) in [5, 5.41) is 6.11. The van der Waals surface area contributed by atoms with Crippen LogP contribution >= 0.6 is 0 Å². The lowest BCUT2D eigenvalue weighted by molar-refractivity contribution is -0.117. The quantitative estimate of drug-likeness (QED) is 0.216. The monoisotopic (exact) mass is 604 g/mol. The first kappa shape index (κ1) is 34.2. The molecule has 0 aromatic heterocycles. The van der Waals surface area contributed by atoms with Gasteiger partial charge in [0.1, 0.15) is 0 Å². The van der Waals surface area contributed by atoms with Crippen LogP contribution in [0.3, 0.4) is 0 Å². The molecule has 2 aromatic rings. The third-order valence-corrected chi connectivity index (χ3v) is 9.54. The van der Waals surface area contributed by atoms with Gasteiger partial charge in [-0.1, -0.05) is 62.1 Å². The molecule has 2 aliphatic heterocycles. The molecule has 2 amide bonds. The molecule has 2 heterocycles. The van der Waals surface area contributed by atoms with Crippen molar-refractivity contribution in [2.75, 3.05) is 10.6 Å². The van der Waals surface area contributed by atoms with Gasteiger partial charge in [0.15, 0.2) is 0 Å². The molecule has 10 heteroatoms. The fraction of sp³-hybridized carbons (Fsp3) is 0.588. The van der Waals surface area contributed by atoms with Crippen molar-refractivity contribution in [1.82, 2.24) is 0 Å². The van der Waals surface area contributed by atoms with Gasteiger partial charge in [0.2, 0.25) is 11.8 Å². The number of rotatable bonds is 13. The van der Waals surface area contributed by atoms with E-state index in [0.717, 1.165) is 60.8 Å². The third-order valence-electron chi connectivity index (χ3n) is 9.54. The van der Waals surface area contributed by atoms with Crippen LogP contribution in [0.1, 0.15) is 107 Å². The normalized spacial score (nSPS) is 19.6. The van der Waals surface area contributed by atoms with Crippen LogP contribution in [0, 0.1) is 0 Å². The van der Waals surface area contributed by atoms with Crippen molar-refractivity contribution in [3.63, 3.8) is 0 Å². The molecule has 2 saturated heterocycles. The zero-order chi connectivity index (χ0) is 32.2. The van der Waals surface area contributed by atoms with Crippen LogP contribution < -0.4 is 21.6 Å². The highest BCUT2D eigenvalue weighted by molar-refractivity contribution is 6.64. The van der Waals surface area contributed by atoms with Crippen LogP contribution in [-0.4, -0.2) is 48.5 Å². The van der Waals surface area contributed by atoms with Crippen LogP contribution in [0.2, 0.25) is 0 Å². The van der Waals surface area contributed by atoms with Gasteiger partial charge >= 0.3 is 14.2 Å². The molecule has 0 spiro atoms. The molecule has 0 bridgehead atoms. The molecule has 0 aliphatic carbocycles. The second-order valence-electron chi connectivity index (χ2n) is 14.1. The van der Waals surface area contributed by atoms with E-state index in [1.807, 2.05) is 104 Å². The molecule has 2 fully saturated rings. The third kappa shape index (κ3) is 8.13. The number of unbranched alkanes of at least 4 members (excludes halogenated alkanes) is 5. The van der Waals surface area contributed by atoms with Crippen molar-refractivity contribution in [2.45, 2.75) is 129 Å². The van der Waals surface area contributed by atoms with Crippen molar-refractivity contribution in [3.8, 4) is 0 Å². The minimum absolute atomic E-state index is 0.00792. The number of hydrogen-bond donors (Lipinski definition) is 2. The highest BCUT2D eigenvalue weighted by atomic mass is 16.7. The molecule has 2 aromatic carbocycles. The highest BCUT2D eigenvalue weighted by Crippen LogP contribution is 2.38. The van der Waals surface area contributed by atoms with Gasteiger partial charge in [-0.25, -0.2) is 0 Å². The van der Waals surface area contributed by atoms with E-state index < -0.39 is 36.6 Å². The molecule has 0 saturated carbocycles. The van der Waals surface area contributed by atoms with Crippen molar-refractivity contribution >= 4 is 48.4 Å². The minimum atomic E-state index is -0.525.